The molecule has 0 aliphatic heterocycles. The Labute approximate surface area is 323 Å². The van der Waals surface area contributed by atoms with E-state index < -0.39 is 41.5 Å². The average molecular weight is 797 g/mol. The molecule has 0 spiro atoms. The number of benzene rings is 6. The quantitative estimate of drug-likeness (QED) is 0.0411. The summed E-state index contributed by atoms with van der Waals surface area (Å²) < 4.78 is 69.3. The number of azo groups is 2. The van der Waals surface area contributed by atoms with Crippen LogP contribution >= 0.6 is 0 Å². The second-order valence-electron chi connectivity index (χ2n) is 13.0. The number of rotatable bonds is 11. The molecule has 56 heavy (non-hydrogen) atoms. The summed E-state index contributed by atoms with van der Waals surface area (Å²) in [6.07, 6.45) is 2.17. The zero-order valence-corrected chi connectivity index (χ0v) is 32.6. The highest BCUT2D eigenvalue weighted by atomic mass is 32.2. The maximum Gasteiger partial charge on any atom is 0.298 e. The molecule has 0 amide bonds. The van der Waals surface area contributed by atoms with Crippen molar-refractivity contribution in [3.05, 3.63) is 95.1 Å². The molecule has 0 heterocycles. The van der Waals surface area contributed by atoms with Crippen LogP contribution in [0.4, 0.5) is 34.1 Å². The highest BCUT2D eigenvalue weighted by molar-refractivity contribution is 7.86. The van der Waals surface area contributed by atoms with Gasteiger partial charge in [-0.1, -0.05) is 76.2 Å². The number of aryl methyl sites for hydroxylation is 4. The molecule has 6 aromatic rings. The molecule has 0 radical (unpaired) electrons. The Bertz CT molecular complexity index is 2610. The number of hydrogen-bond acceptors (Lipinski definition) is 12. The molecular formula is C40H40N6O8S2. The maximum absolute atomic E-state index is 12.3. The van der Waals surface area contributed by atoms with E-state index in [2.05, 4.69) is 20.5 Å². The Morgan fingerprint density at radius 1 is 0.482 bits per heavy atom. The maximum atomic E-state index is 12.3. The SMILES string of the molecule is CCc1cc(-c2cc(CC)c(N=Nc3c(O)c(S(=O)(=O)O)c4ccccc4c3N)c(CC)c2)cc(CC)c1N=Nc1c(O)c(S(=O)(=O)O)c2ccccc2c1N. The van der Waals surface area contributed by atoms with Crippen molar-refractivity contribution >= 4 is 75.9 Å². The van der Waals surface area contributed by atoms with Gasteiger partial charge in [-0.25, -0.2) is 0 Å². The number of fused-ring (bicyclic) bond motifs is 2. The van der Waals surface area contributed by atoms with E-state index in [1.54, 1.807) is 36.4 Å². The third-order valence-corrected chi connectivity index (χ3v) is 11.6. The molecule has 0 aliphatic rings. The Kier molecular flexibility index (Phi) is 10.9. The number of aromatic hydroxyl groups is 2. The van der Waals surface area contributed by atoms with Gasteiger partial charge in [-0.05, 0) is 83.3 Å². The molecular weight excluding hydrogens is 757 g/mol. The Morgan fingerprint density at radius 3 is 1.02 bits per heavy atom. The lowest BCUT2D eigenvalue weighted by molar-refractivity contribution is 0.444. The van der Waals surface area contributed by atoms with Crippen molar-refractivity contribution < 1.29 is 36.2 Å². The first-order chi connectivity index (χ1) is 26.5. The van der Waals surface area contributed by atoms with E-state index in [0.29, 0.717) is 37.1 Å². The van der Waals surface area contributed by atoms with Crippen LogP contribution in [0.25, 0.3) is 32.7 Å². The molecule has 0 fully saturated rings. The lowest BCUT2D eigenvalue weighted by Crippen LogP contribution is -2.02. The molecule has 0 saturated heterocycles. The zero-order chi connectivity index (χ0) is 40.7. The van der Waals surface area contributed by atoms with Gasteiger partial charge in [0, 0.05) is 21.5 Å². The summed E-state index contributed by atoms with van der Waals surface area (Å²) in [5.41, 5.74) is 18.2. The first kappa shape index (κ1) is 39.7. The van der Waals surface area contributed by atoms with Crippen molar-refractivity contribution in [2.75, 3.05) is 11.5 Å². The summed E-state index contributed by atoms with van der Waals surface area (Å²) in [6.45, 7) is 7.82. The summed E-state index contributed by atoms with van der Waals surface area (Å²) >= 11 is 0. The largest absolute Gasteiger partial charge is 0.504 e. The van der Waals surface area contributed by atoms with Crippen LogP contribution in [0.3, 0.4) is 0 Å². The molecule has 0 atom stereocenters. The fourth-order valence-corrected chi connectivity index (χ4v) is 8.52. The van der Waals surface area contributed by atoms with Crippen LogP contribution in [0.15, 0.2) is 103 Å². The van der Waals surface area contributed by atoms with Crippen molar-refractivity contribution in [3.8, 4) is 22.6 Å². The van der Waals surface area contributed by atoms with Crippen molar-refractivity contribution in [2.45, 2.75) is 63.2 Å². The third-order valence-electron chi connectivity index (χ3n) is 9.72. The number of nitrogens with two attached hydrogens (primary N) is 2. The van der Waals surface area contributed by atoms with Crippen LogP contribution in [0.2, 0.25) is 0 Å². The van der Waals surface area contributed by atoms with E-state index in [0.717, 1.165) is 33.4 Å². The third kappa shape index (κ3) is 7.14. The Morgan fingerprint density at radius 2 is 0.750 bits per heavy atom. The normalized spacial score (nSPS) is 12.5. The number of phenols is 2. The molecule has 290 valence electrons. The monoisotopic (exact) mass is 796 g/mol. The van der Waals surface area contributed by atoms with Crippen LogP contribution in [0, 0.1) is 0 Å². The minimum Gasteiger partial charge on any atom is -0.504 e. The van der Waals surface area contributed by atoms with Gasteiger partial charge >= 0.3 is 0 Å². The van der Waals surface area contributed by atoms with Gasteiger partial charge in [0.05, 0.1) is 22.7 Å². The Hall–Kier alpha value is -5.94. The second-order valence-corrected chi connectivity index (χ2v) is 15.7. The molecule has 6 aromatic carbocycles. The highest BCUT2D eigenvalue weighted by Gasteiger charge is 2.27. The van der Waals surface area contributed by atoms with Crippen LogP contribution in [-0.4, -0.2) is 36.2 Å². The fourth-order valence-electron chi connectivity index (χ4n) is 6.93. The standard InChI is InChI=1S/C40H40N6O8S2/c1-5-21-17-25(18-22(6-2)33(21)43-45-35-31(41)27-13-9-11-15-29(27)39(37(35)47)55(49,50)51)26-19-23(7-3)34(24(8-4)20-26)44-46-36-32(42)28-14-10-12-16-30(28)40(38(36)48)56(52,53)54/h9-20,47-48H,5-8,41-42H2,1-4H3,(H,49,50,51)(H,52,53,54). The van der Waals surface area contributed by atoms with Gasteiger partial charge in [-0.15, -0.1) is 20.5 Å². The smallest absolute Gasteiger partial charge is 0.298 e. The van der Waals surface area contributed by atoms with Gasteiger partial charge in [-0.2, -0.15) is 16.8 Å². The zero-order valence-electron chi connectivity index (χ0n) is 30.9. The predicted molar refractivity (Wildman–Crippen MR) is 217 cm³/mol. The summed E-state index contributed by atoms with van der Waals surface area (Å²) in [5, 5.41) is 40.2. The molecule has 6 rings (SSSR count). The van der Waals surface area contributed by atoms with Crippen LogP contribution in [0.5, 0.6) is 11.5 Å². The first-order valence-electron chi connectivity index (χ1n) is 17.7. The van der Waals surface area contributed by atoms with Crippen molar-refractivity contribution in [2.24, 2.45) is 20.5 Å². The second kappa shape index (κ2) is 15.3. The molecule has 14 nitrogen and oxygen atoms in total. The lowest BCUT2D eigenvalue weighted by Gasteiger charge is -2.16. The molecule has 8 N–H and O–H groups in total. The van der Waals surface area contributed by atoms with Gasteiger partial charge in [0.2, 0.25) is 0 Å². The number of phenolic OH excluding ortho intramolecular Hbond substituents is 2. The van der Waals surface area contributed by atoms with Gasteiger partial charge in [0.25, 0.3) is 20.2 Å². The number of nitrogens with zero attached hydrogens (tertiary/aromatic N) is 4. The molecule has 16 heteroatoms. The van der Waals surface area contributed by atoms with Crippen LogP contribution < -0.4 is 11.5 Å². The summed E-state index contributed by atoms with van der Waals surface area (Å²) in [5.74, 6) is -1.62. The number of anilines is 2. The molecule has 0 bridgehead atoms. The predicted octanol–water partition coefficient (Wildman–Crippen LogP) is 9.81. The van der Waals surface area contributed by atoms with Crippen molar-refractivity contribution in [3.63, 3.8) is 0 Å². The van der Waals surface area contributed by atoms with E-state index in [4.69, 9.17) is 11.5 Å². The summed E-state index contributed by atoms with van der Waals surface area (Å²) in [6, 6.07) is 20.3. The van der Waals surface area contributed by atoms with Crippen molar-refractivity contribution in [1.29, 1.82) is 0 Å². The summed E-state index contributed by atoms with van der Waals surface area (Å²) in [7, 11) is -9.73. The first-order valence-corrected chi connectivity index (χ1v) is 20.6. The lowest BCUT2D eigenvalue weighted by atomic mass is 9.92. The van der Waals surface area contributed by atoms with Gasteiger partial charge in [0.1, 0.15) is 9.79 Å². The van der Waals surface area contributed by atoms with Crippen LogP contribution in [-0.2, 0) is 45.9 Å². The van der Waals surface area contributed by atoms with E-state index in [1.165, 1.54) is 12.1 Å². The van der Waals surface area contributed by atoms with Gasteiger partial charge in [0.15, 0.2) is 22.9 Å². The summed E-state index contributed by atoms with van der Waals surface area (Å²) in [4.78, 5) is -1.42. The van der Waals surface area contributed by atoms with E-state index in [9.17, 15) is 36.2 Å². The number of hydrogen-bond donors (Lipinski definition) is 6. The minimum absolute atomic E-state index is 0.00391. The minimum atomic E-state index is -4.86. The average Bonchev–Trinajstić information content (AvgIpc) is 3.16. The number of nitrogen functional groups attached to an aromatic ring is 2. The molecule has 0 unspecified atom stereocenters. The highest BCUT2D eigenvalue weighted by Crippen LogP contribution is 2.48. The van der Waals surface area contributed by atoms with Crippen LogP contribution in [0.1, 0.15) is 49.9 Å². The molecule has 0 aliphatic carbocycles. The van der Waals surface area contributed by atoms with Gasteiger partial charge in [-0.3, -0.25) is 9.11 Å². The van der Waals surface area contributed by atoms with E-state index >= 15 is 0 Å². The topological polar surface area (TPSA) is 251 Å². The Balaban J connectivity index is 1.45. The van der Waals surface area contributed by atoms with E-state index in [-0.39, 0.29) is 44.3 Å². The molecule has 0 saturated carbocycles. The van der Waals surface area contributed by atoms with Gasteiger partial charge < -0.3 is 21.7 Å². The fraction of sp³-hybridized carbons (Fsp3) is 0.200. The van der Waals surface area contributed by atoms with Crippen molar-refractivity contribution in [1.82, 2.24) is 0 Å². The molecule has 0 aromatic heterocycles. The van der Waals surface area contributed by atoms with E-state index in [1.807, 2.05) is 52.0 Å².